The molecule has 1 aromatic heterocycles. The molecule has 2 aromatic rings. The van der Waals surface area contributed by atoms with Crippen LogP contribution in [-0.4, -0.2) is 47.6 Å². The van der Waals surface area contributed by atoms with Crippen LogP contribution in [0.2, 0.25) is 0 Å². The quantitative estimate of drug-likeness (QED) is 0.585. The maximum absolute atomic E-state index is 4.71. The standard InChI is InChI=1S/C24H33N5/c1-3-25-24(28-23-16-22(23)21-10-5-4-8-18(21)2)27-19-11-14-29(15-12-19)17-20-9-6-7-13-26-20/h4-10,13,19,22-23H,3,11-12,14-17H2,1-2H3,(H2,25,27,28). The maximum atomic E-state index is 4.71. The molecule has 2 N–H and O–H groups in total. The van der Waals surface area contributed by atoms with Crippen LogP contribution in [0.4, 0.5) is 0 Å². The number of guanidine groups is 1. The number of aliphatic imine (C=N–C) groups is 1. The first-order valence-electron chi connectivity index (χ1n) is 11.0. The first-order valence-corrected chi connectivity index (χ1v) is 11.0. The van der Waals surface area contributed by atoms with Gasteiger partial charge in [-0.2, -0.15) is 0 Å². The summed E-state index contributed by atoms with van der Waals surface area (Å²) in [6, 6.07) is 15.9. The van der Waals surface area contributed by atoms with Gasteiger partial charge in [0.05, 0.1) is 5.69 Å². The Bertz CT molecular complexity index is 811. The lowest BCUT2D eigenvalue weighted by Gasteiger charge is -2.33. The van der Waals surface area contributed by atoms with Gasteiger partial charge in [0.2, 0.25) is 0 Å². The number of benzene rings is 1. The molecular formula is C24H33N5. The van der Waals surface area contributed by atoms with E-state index >= 15 is 0 Å². The zero-order valence-corrected chi connectivity index (χ0v) is 17.6. The normalized spacial score (nSPS) is 23.0. The summed E-state index contributed by atoms with van der Waals surface area (Å²) in [5.41, 5.74) is 4.03. The molecule has 5 heteroatoms. The average molecular weight is 392 g/mol. The molecule has 154 valence electrons. The van der Waals surface area contributed by atoms with Crippen LogP contribution in [0, 0.1) is 6.92 Å². The molecule has 0 spiro atoms. The van der Waals surface area contributed by atoms with Crippen molar-refractivity contribution in [2.24, 2.45) is 4.99 Å². The fourth-order valence-corrected chi connectivity index (χ4v) is 4.32. The van der Waals surface area contributed by atoms with Crippen molar-refractivity contribution in [3.63, 3.8) is 0 Å². The second-order valence-corrected chi connectivity index (χ2v) is 8.29. The zero-order valence-electron chi connectivity index (χ0n) is 17.6. The summed E-state index contributed by atoms with van der Waals surface area (Å²) < 4.78 is 0. The van der Waals surface area contributed by atoms with Gasteiger partial charge in [0.15, 0.2) is 5.96 Å². The molecule has 2 unspecified atom stereocenters. The van der Waals surface area contributed by atoms with Crippen molar-refractivity contribution in [2.45, 2.75) is 57.7 Å². The monoisotopic (exact) mass is 391 g/mol. The summed E-state index contributed by atoms with van der Waals surface area (Å²) in [4.78, 5) is 11.7. The van der Waals surface area contributed by atoms with Gasteiger partial charge in [-0.05, 0) is 56.4 Å². The van der Waals surface area contributed by atoms with E-state index in [1.165, 1.54) is 17.5 Å². The highest BCUT2D eigenvalue weighted by Crippen LogP contribution is 2.42. The van der Waals surface area contributed by atoms with Crippen LogP contribution in [0.25, 0.3) is 0 Å². The summed E-state index contributed by atoms with van der Waals surface area (Å²) in [6.07, 6.45) is 5.36. The second-order valence-electron chi connectivity index (χ2n) is 8.29. The lowest BCUT2D eigenvalue weighted by molar-refractivity contribution is 0.196. The van der Waals surface area contributed by atoms with E-state index in [0.29, 0.717) is 18.0 Å². The summed E-state index contributed by atoms with van der Waals surface area (Å²) in [6.45, 7) is 8.26. The molecule has 1 aliphatic heterocycles. The molecule has 2 aliphatic rings. The zero-order chi connectivity index (χ0) is 20.1. The lowest BCUT2D eigenvalue weighted by Crippen LogP contribution is -2.49. The summed E-state index contributed by atoms with van der Waals surface area (Å²) in [7, 11) is 0. The lowest BCUT2D eigenvalue weighted by atomic mass is 10.0. The van der Waals surface area contributed by atoms with Crippen LogP contribution in [0.15, 0.2) is 53.7 Å². The maximum Gasteiger partial charge on any atom is 0.191 e. The van der Waals surface area contributed by atoms with Crippen LogP contribution in [0.1, 0.15) is 48.9 Å². The van der Waals surface area contributed by atoms with Gasteiger partial charge in [-0.3, -0.25) is 14.9 Å². The fourth-order valence-electron chi connectivity index (χ4n) is 4.32. The smallest absolute Gasteiger partial charge is 0.191 e. The Kier molecular flexibility index (Phi) is 6.45. The Morgan fingerprint density at radius 2 is 1.90 bits per heavy atom. The SMILES string of the molecule is CCN=C(NC1CCN(Cc2ccccn2)CC1)NC1CC1c1ccccc1C. The van der Waals surface area contributed by atoms with Crippen LogP contribution in [0.5, 0.6) is 0 Å². The van der Waals surface area contributed by atoms with E-state index in [0.717, 1.165) is 50.7 Å². The fraction of sp³-hybridized carbons (Fsp3) is 0.500. The molecule has 2 atom stereocenters. The molecule has 2 fully saturated rings. The Balaban J connectivity index is 1.26. The number of likely N-dealkylation sites (tertiary alicyclic amines) is 1. The van der Waals surface area contributed by atoms with Gasteiger partial charge in [-0.15, -0.1) is 0 Å². The van der Waals surface area contributed by atoms with Crippen molar-refractivity contribution in [1.29, 1.82) is 0 Å². The topological polar surface area (TPSA) is 52.6 Å². The van der Waals surface area contributed by atoms with Crippen molar-refractivity contribution >= 4 is 5.96 Å². The first-order chi connectivity index (χ1) is 14.2. The minimum absolute atomic E-state index is 0.489. The number of aromatic nitrogens is 1. The number of rotatable bonds is 6. The second kappa shape index (κ2) is 9.40. The van der Waals surface area contributed by atoms with Gasteiger partial charge in [-0.25, -0.2) is 0 Å². The average Bonchev–Trinajstić information content (AvgIpc) is 3.49. The molecule has 0 amide bonds. The van der Waals surface area contributed by atoms with Crippen LogP contribution >= 0.6 is 0 Å². The van der Waals surface area contributed by atoms with Gasteiger partial charge in [0.25, 0.3) is 0 Å². The van der Waals surface area contributed by atoms with Crippen molar-refractivity contribution in [2.75, 3.05) is 19.6 Å². The van der Waals surface area contributed by atoms with E-state index in [-0.39, 0.29) is 0 Å². The van der Waals surface area contributed by atoms with Gasteiger partial charge in [0, 0.05) is 50.4 Å². The van der Waals surface area contributed by atoms with E-state index < -0.39 is 0 Å². The molecular weight excluding hydrogens is 358 g/mol. The Morgan fingerprint density at radius 3 is 2.62 bits per heavy atom. The van der Waals surface area contributed by atoms with Crippen LogP contribution in [-0.2, 0) is 6.54 Å². The van der Waals surface area contributed by atoms with Gasteiger partial charge >= 0.3 is 0 Å². The molecule has 2 heterocycles. The molecule has 0 bridgehead atoms. The molecule has 5 nitrogen and oxygen atoms in total. The highest BCUT2D eigenvalue weighted by atomic mass is 15.2. The molecule has 29 heavy (non-hydrogen) atoms. The Labute approximate surface area is 174 Å². The van der Waals surface area contributed by atoms with Crippen molar-refractivity contribution in [1.82, 2.24) is 20.5 Å². The van der Waals surface area contributed by atoms with E-state index in [4.69, 9.17) is 4.99 Å². The largest absolute Gasteiger partial charge is 0.354 e. The highest BCUT2D eigenvalue weighted by molar-refractivity contribution is 5.81. The number of hydrogen-bond donors (Lipinski definition) is 2. The summed E-state index contributed by atoms with van der Waals surface area (Å²) >= 11 is 0. The van der Waals surface area contributed by atoms with Crippen LogP contribution in [0.3, 0.4) is 0 Å². The van der Waals surface area contributed by atoms with Gasteiger partial charge < -0.3 is 10.6 Å². The van der Waals surface area contributed by atoms with Crippen molar-refractivity contribution in [3.8, 4) is 0 Å². The molecule has 1 aromatic carbocycles. The minimum Gasteiger partial charge on any atom is -0.354 e. The highest BCUT2D eigenvalue weighted by Gasteiger charge is 2.40. The number of aryl methyl sites for hydroxylation is 1. The third-order valence-corrected chi connectivity index (χ3v) is 6.06. The van der Waals surface area contributed by atoms with E-state index in [1.807, 2.05) is 12.3 Å². The van der Waals surface area contributed by atoms with E-state index in [2.05, 4.69) is 70.8 Å². The third-order valence-electron chi connectivity index (χ3n) is 6.06. The van der Waals surface area contributed by atoms with Gasteiger partial charge in [-0.1, -0.05) is 30.3 Å². The van der Waals surface area contributed by atoms with Crippen molar-refractivity contribution < 1.29 is 0 Å². The summed E-state index contributed by atoms with van der Waals surface area (Å²) in [5.74, 6) is 1.59. The molecule has 4 rings (SSSR count). The number of nitrogens with zero attached hydrogens (tertiary/aromatic N) is 3. The molecule has 1 saturated heterocycles. The van der Waals surface area contributed by atoms with Gasteiger partial charge in [0.1, 0.15) is 0 Å². The third kappa shape index (κ3) is 5.36. The number of piperidine rings is 1. The van der Waals surface area contributed by atoms with E-state index in [9.17, 15) is 0 Å². The predicted octanol–water partition coefficient (Wildman–Crippen LogP) is 3.47. The summed E-state index contributed by atoms with van der Waals surface area (Å²) in [5, 5.41) is 7.38. The Hall–Kier alpha value is -2.40. The van der Waals surface area contributed by atoms with Crippen molar-refractivity contribution in [3.05, 3.63) is 65.5 Å². The number of hydrogen-bond acceptors (Lipinski definition) is 3. The minimum atomic E-state index is 0.489. The molecule has 1 saturated carbocycles. The molecule has 0 radical (unpaired) electrons. The number of nitrogens with one attached hydrogen (secondary N) is 2. The predicted molar refractivity (Wildman–Crippen MR) is 119 cm³/mol. The number of pyridine rings is 1. The Morgan fingerprint density at radius 1 is 1.10 bits per heavy atom. The molecule has 1 aliphatic carbocycles. The first kappa shape index (κ1) is 19.9. The van der Waals surface area contributed by atoms with E-state index in [1.54, 1.807) is 0 Å². The van der Waals surface area contributed by atoms with Crippen LogP contribution < -0.4 is 10.6 Å².